The zero-order chi connectivity index (χ0) is 11.5. The van der Waals surface area contributed by atoms with Crippen LogP contribution >= 0.6 is 12.2 Å². The first-order chi connectivity index (χ1) is 7.20. The topological polar surface area (TPSA) is 33.3 Å². The highest BCUT2D eigenvalue weighted by molar-refractivity contribution is 7.80. The van der Waals surface area contributed by atoms with Crippen molar-refractivity contribution in [3.8, 4) is 0 Å². The van der Waals surface area contributed by atoms with Gasteiger partial charge in [-0.1, -0.05) is 19.8 Å². The average molecular weight is 232 g/mol. The molecule has 0 amide bonds. The maximum atomic E-state index is 5.17. The van der Waals surface area contributed by atoms with Crippen molar-refractivity contribution in [1.82, 2.24) is 10.6 Å². The SMILES string of the molecule is CCCCC(C)NC(=S)NCCCOC. The van der Waals surface area contributed by atoms with E-state index in [9.17, 15) is 0 Å². The predicted octanol–water partition coefficient (Wildman–Crippen LogP) is 2.07. The number of thiocarbonyl (C=S) groups is 1. The second kappa shape index (κ2) is 10.2. The van der Waals surface area contributed by atoms with Crippen molar-refractivity contribution >= 4 is 17.3 Å². The molecule has 0 rings (SSSR count). The highest BCUT2D eigenvalue weighted by Gasteiger charge is 2.02. The first kappa shape index (κ1) is 14.6. The number of rotatable bonds is 8. The van der Waals surface area contributed by atoms with E-state index in [-0.39, 0.29) is 0 Å². The van der Waals surface area contributed by atoms with Crippen molar-refractivity contribution in [2.24, 2.45) is 0 Å². The van der Waals surface area contributed by atoms with Gasteiger partial charge in [-0.05, 0) is 32.0 Å². The number of hydrogen-bond donors (Lipinski definition) is 2. The Hall–Kier alpha value is -0.350. The fourth-order valence-corrected chi connectivity index (χ4v) is 1.58. The highest BCUT2D eigenvalue weighted by Crippen LogP contribution is 1.98. The molecule has 2 N–H and O–H groups in total. The van der Waals surface area contributed by atoms with E-state index in [1.165, 1.54) is 19.3 Å². The van der Waals surface area contributed by atoms with E-state index < -0.39 is 0 Å². The van der Waals surface area contributed by atoms with Gasteiger partial charge in [0.1, 0.15) is 0 Å². The fourth-order valence-electron chi connectivity index (χ4n) is 1.28. The van der Waals surface area contributed by atoms with Crippen LogP contribution in [0.5, 0.6) is 0 Å². The van der Waals surface area contributed by atoms with Crippen molar-refractivity contribution in [3.05, 3.63) is 0 Å². The molecule has 0 aliphatic heterocycles. The zero-order valence-corrected chi connectivity index (χ0v) is 11.0. The van der Waals surface area contributed by atoms with Crippen LogP contribution in [0.25, 0.3) is 0 Å². The Morgan fingerprint density at radius 3 is 2.73 bits per heavy atom. The smallest absolute Gasteiger partial charge is 0.166 e. The summed E-state index contributed by atoms with van der Waals surface area (Å²) in [7, 11) is 1.71. The molecule has 0 fully saturated rings. The molecule has 0 bridgehead atoms. The van der Waals surface area contributed by atoms with E-state index in [0.29, 0.717) is 6.04 Å². The van der Waals surface area contributed by atoms with Gasteiger partial charge in [0.15, 0.2) is 5.11 Å². The van der Waals surface area contributed by atoms with Crippen molar-refractivity contribution < 1.29 is 4.74 Å². The molecule has 0 aliphatic carbocycles. The highest BCUT2D eigenvalue weighted by atomic mass is 32.1. The largest absolute Gasteiger partial charge is 0.385 e. The molecule has 0 aromatic carbocycles. The molecule has 0 spiro atoms. The number of nitrogens with one attached hydrogen (secondary N) is 2. The minimum atomic E-state index is 0.465. The molecular formula is C11H24N2OS. The molecule has 4 heteroatoms. The summed E-state index contributed by atoms with van der Waals surface area (Å²) >= 11 is 5.17. The van der Waals surface area contributed by atoms with Crippen LogP contribution in [0.3, 0.4) is 0 Å². The Kier molecular flexibility index (Phi) is 9.94. The summed E-state index contributed by atoms with van der Waals surface area (Å²) in [6.07, 6.45) is 4.65. The number of unbranched alkanes of at least 4 members (excludes halogenated alkanes) is 1. The van der Waals surface area contributed by atoms with Gasteiger partial charge in [-0.2, -0.15) is 0 Å². The van der Waals surface area contributed by atoms with Gasteiger partial charge in [0, 0.05) is 26.3 Å². The standard InChI is InChI=1S/C11H24N2OS/c1-4-5-7-10(2)13-11(15)12-8-6-9-14-3/h10H,4-9H2,1-3H3,(H2,12,13,15). The van der Waals surface area contributed by atoms with Crippen LogP contribution in [0.4, 0.5) is 0 Å². The van der Waals surface area contributed by atoms with Crippen LogP contribution in [-0.4, -0.2) is 31.4 Å². The van der Waals surface area contributed by atoms with Crippen LogP contribution in [0.1, 0.15) is 39.5 Å². The van der Waals surface area contributed by atoms with Crippen LogP contribution < -0.4 is 10.6 Å². The third-order valence-electron chi connectivity index (χ3n) is 2.18. The number of hydrogen-bond acceptors (Lipinski definition) is 2. The number of ether oxygens (including phenoxy) is 1. The van der Waals surface area contributed by atoms with Crippen molar-refractivity contribution in [3.63, 3.8) is 0 Å². The summed E-state index contributed by atoms with van der Waals surface area (Å²) < 4.78 is 4.95. The summed E-state index contributed by atoms with van der Waals surface area (Å²) in [6.45, 7) is 6.02. The molecule has 0 radical (unpaired) electrons. The van der Waals surface area contributed by atoms with Crippen LogP contribution in [0, 0.1) is 0 Å². The molecule has 0 heterocycles. The lowest BCUT2D eigenvalue weighted by molar-refractivity contribution is 0.195. The molecule has 0 aromatic rings. The lowest BCUT2D eigenvalue weighted by Gasteiger charge is -2.16. The summed E-state index contributed by atoms with van der Waals surface area (Å²) in [5.41, 5.74) is 0. The van der Waals surface area contributed by atoms with Gasteiger partial charge >= 0.3 is 0 Å². The van der Waals surface area contributed by atoms with E-state index >= 15 is 0 Å². The van der Waals surface area contributed by atoms with Gasteiger partial charge in [0.25, 0.3) is 0 Å². The second-order valence-corrected chi connectivity index (χ2v) is 4.20. The Morgan fingerprint density at radius 1 is 1.40 bits per heavy atom. The summed E-state index contributed by atoms with van der Waals surface area (Å²) in [5, 5.41) is 7.20. The predicted molar refractivity (Wildman–Crippen MR) is 69.2 cm³/mol. The molecule has 0 aromatic heterocycles. The van der Waals surface area contributed by atoms with E-state index in [1.54, 1.807) is 7.11 Å². The first-order valence-electron chi connectivity index (χ1n) is 5.74. The van der Waals surface area contributed by atoms with E-state index in [4.69, 9.17) is 17.0 Å². The molecule has 3 nitrogen and oxygen atoms in total. The molecule has 15 heavy (non-hydrogen) atoms. The van der Waals surface area contributed by atoms with E-state index in [0.717, 1.165) is 24.7 Å². The Labute approximate surface area is 99.0 Å². The first-order valence-corrected chi connectivity index (χ1v) is 6.14. The van der Waals surface area contributed by atoms with Crippen LogP contribution in [0.15, 0.2) is 0 Å². The quantitative estimate of drug-likeness (QED) is 0.496. The lowest BCUT2D eigenvalue weighted by atomic mass is 10.1. The van der Waals surface area contributed by atoms with Gasteiger partial charge < -0.3 is 15.4 Å². The number of methoxy groups -OCH3 is 1. The van der Waals surface area contributed by atoms with Crippen molar-refractivity contribution in [2.45, 2.75) is 45.6 Å². The van der Waals surface area contributed by atoms with Crippen molar-refractivity contribution in [2.75, 3.05) is 20.3 Å². The van der Waals surface area contributed by atoms with Gasteiger partial charge in [0.2, 0.25) is 0 Å². The molecule has 0 aliphatic rings. The minimum absolute atomic E-state index is 0.465. The minimum Gasteiger partial charge on any atom is -0.385 e. The Balaban J connectivity index is 3.38. The summed E-state index contributed by atoms with van der Waals surface area (Å²) in [4.78, 5) is 0. The Morgan fingerprint density at radius 2 is 2.13 bits per heavy atom. The van der Waals surface area contributed by atoms with Gasteiger partial charge in [-0.25, -0.2) is 0 Å². The van der Waals surface area contributed by atoms with Gasteiger partial charge in [0.05, 0.1) is 0 Å². The van der Waals surface area contributed by atoms with Gasteiger partial charge in [-0.3, -0.25) is 0 Å². The molecule has 90 valence electrons. The van der Waals surface area contributed by atoms with Crippen molar-refractivity contribution in [1.29, 1.82) is 0 Å². The van der Waals surface area contributed by atoms with E-state index in [2.05, 4.69) is 24.5 Å². The second-order valence-electron chi connectivity index (χ2n) is 3.79. The third kappa shape index (κ3) is 9.94. The van der Waals surface area contributed by atoms with Gasteiger partial charge in [-0.15, -0.1) is 0 Å². The summed E-state index contributed by atoms with van der Waals surface area (Å²) in [6, 6.07) is 0.465. The summed E-state index contributed by atoms with van der Waals surface area (Å²) in [5.74, 6) is 0. The lowest BCUT2D eigenvalue weighted by Crippen LogP contribution is -2.41. The Bertz CT molecular complexity index is 165. The molecular weight excluding hydrogens is 208 g/mol. The molecule has 1 atom stereocenters. The normalized spacial score (nSPS) is 12.2. The maximum absolute atomic E-state index is 5.17. The monoisotopic (exact) mass is 232 g/mol. The molecule has 0 saturated heterocycles. The molecule has 0 saturated carbocycles. The average Bonchev–Trinajstić information content (AvgIpc) is 2.21. The maximum Gasteiger partial charge on any atom is 0.166 e. The zero-order valence-electron chi connectivity index (χ0n) is 10.1. The fraction of sp³-hybridized carbons (Fsp3) is 0.909. The van der Waals surface area contributed by atoms with E-state index in [1.807, 2.05) is 0 Å². The molecule has 1 unspecified atom stereocenters. The van der Waals surface area contributed by atoms with Crippen LogP contribution in [-0.2, 0) is 4.74 Å². The van der Waals surface area contributed by atoms with Crippen LogP contribution in [0.2, 0.25) is 0 Å². The third-order valence-corrected chi connectivity index (χ3v) is 2.44.